The molecule has 2 heterocycles. The van der Waals surface area contributed by atoms with E-state index < -0.39 is 0 Å². The minimum atomic E-state index is 0.0305. The highest BCUT2D eigenvalue weighted by atomic mass is 32.1. The fraction of sp³-hybridized carbons (Fsp3) is 0.583. The third-order valence-electron chi connectivity index (χ3n) is 6.11. The van der Waals surface area contributed by atoms with Gasteiger partial charge in [-0.25, -0.2) is 4.98 Å². The molecule has 0 bridgehead atoms. The summed E-state index contributed by atoms with van der Waals surface area (Å²) in [6.07, 6.45) is 1.16. The van der Waals surface area contributed by atoms with Gasteiger partial charge in [-0.05, 0) is 30.4 Å². The van der Waals surface area contributed by atoms with Crippen molar-refractivity contribution < 1.29 is 4.74 Å². The molecule has 0 amide bonds. The highest BCUT2D eigenvalue weighted by Gasteiger charge is 2.26. The van der Waals surface area contributed by atoms with E-state index in [-0.39, 0.29) is 6.10 Å². The Hall–Kier alpha value is -1.96. The molecule has 1 N–H and O–H groups in total. The van der Waals surface area contributed by atoms with E-state index in [1.165, 1.54) is 11.1 Å². The number of hydrogen-bond acceptors (Lipinski definition) is 5. The van der Waals surface area contributed by atoms with Gasteiger partial charge in [-0.3, -0.25) is 9.89 Å². The van der Waals surface area contributed by atoms with Crippen LogP contribution in [0.25, 0.3) is 0 Å². The van der Waals surface area contributed by atoms with Gasteiger partial charge in [0, 0.05) is 52.3 Å². The fourth-order valence-corrected chi connectivity index (χ4v) is 5.01. The Balaban J connectivity index is 1.59. The van der Waals surface area contributed by atoms with E-state index in [0.29, 0.717) is 12.0 Å². The first-order valence-electron chi connectivity index (χ1n) is 11.1. The zero-order valence-corrected chi connectivity index (χ0v) is 20.6. The Bertz CT molecular complexity index is 865. The van der Waals surface area contributed by atoms with Crippen molar-refractivity contribution in [2.24, 2.45) is 10.9 Å². The third-order valence-corrected chi connectivity index (χ3v) is 7.17. The number of nitrogens with one attached hydrogen (secondary N) is 1. The molecule has 0 saturated heterocycles. The first-order valence-corrected chi connectivity index (χ1v) is 12.0. The maximum absolute atomic E-state index is 5.38. The summed E-state index contributed by atoms with van der Waals surface area (Å²) >= 11 is 1.65. The van der Waals surface area contributed by atoms with Gasteiger partial charge < -0.3 is 15.0 Å². The Morgan fingerprint density at radius 3 is 2.71 bits per heavy atom. The van der Waals surface area contributed by atoms with Crippen molar-refractivity contribution in [3.63, 3.8) is 0 Å². The smallest absolute Gasteiger partial charge is 0.193 e. The minimum Gasteiger partial charge on any atom is -0.375 e. The average Bonchev–Trinajstić information content (AvgIpc) is 3.24. The van der Waals surface area contributed by atoms with Crippen molar-refractivity contribution in [1.82, 2.24) is 20.1 Å². The van der Waals surface area contributed by atoms with Crippen LogP contribution in [0.1, 0.15) is 48.7 Å². The van der Waals surface area contributed by atoms with Crippen LogP contribution in [0, 0.1) is 5.92 Å². The Kier molecular flexibility index (Phi) is 8.46. The van der Waals surface area contributed by atoms with E-state index >= 15 is 0 Å². The molecule has 0 spiro atoms. The van der Waals surface area contributed by atoms with E-state index in [1.807, 2.05) is 14.0 Å². The number of hydrogen-bond donors (Lipinski definition) is 1. The number of nitrogens with zero attached hydrogens (tertiary/aromatic N) is 4. The van der Waals surface area contributed by atoms with Crippen LogP contribution in [0.2, 0.25) is 0 Å². The molecule has 6 nitrogen and oxygen atoms in total. The van der Waals surface area contributed by atoms with Crippen LogP contribution < -0.4 is 5.32 Å². The molecule has 170 valence electrons. The van der Waals surface area contributed by atoms with Crippen LogP contribution in [0.3, 0.4) is 0 Å². The zero-order chi connectivity index (χ0) is 22.4. The molecule has 3 rings (SSSR count). The lowest BCUT2D eigenvalue weighted by Crippen LogP contribution is -2.50. The van der Waals surface area contributed by atoms with E-state index in [0.717, 1.165) is 49.3 Å². The number of guanidine groups is 1. The summed E-state index contributed by atoms with van der Waals surface area (Å²) in [7, 11) is 5.63. The lowest BCUT2D eigenvalue weighted by atomic mass is 9.95. The summed E-state index contributed by atoms with van der Waals surface area (Å²) in [4.78, 5) is 14.0. The first kappa shape index (κ1) is 23.7. The number of ether oxygens (including phenoxy) is 1. The molecule has 7 heteroatoms. The van der Waals surface area contributed by atoms with Gasteiger partial charge >= 0.3 is 0 Å². The minimum absolute atomic E-state index is 0.0305. The number of benzene rings is 1. The van der Waals surface area contributed by atoms with Crippen molar-refractivity contribution in [1.29, 1.82) is 0 Å². The van der Waals surface area contributed by atoms with Gasteiger partial charge in [0.05, 0.1) is 12.2 Å². The van der Waals surface area contributed by atoms with Gasteiger partial charge in [0.15, 0.2) is 5.96 Å². The highest BCUT2D eigenvalue weighted by molar-refractivity contribution is 7.09. The van der Waals surface area contributed by atoms with E-state index in [4.69, 9.17) is 9.72 Å². The molecule has 2 aromatic rings. The Morgan fingerprint density at radius 2 is 2.03 bits per heavy atom. The first-order chi connectivity index (χ1) is 14.9. The van der Waals surface area contributed by atoms with E-state index in [9.17, 15) is 0 Å². The van der Waals surface area contributed by atoms with Crippen LogP contribution in [-0.2, 0) is 24.2 Å². The lowest BCUT2D eigenvalue weighted by Gasteiger charge is -2.38. The number of methoxy groups -OCH3 is 1. The number of aliphatic imine (C=N–C) groups is 1. The summed E-state index contributed by atoms with van der Waals surface area (Å²) in [5.41, 5.74) is 4.00. The quantitative estimate of drug-likeness (QED) is 0.495. The van der Waals surface area contributed by atoms with Crippen molar-refractivity contribution >= 4 is 17.3 Å². The molecule has 1 aromatic heterocycles. The molecule has 0 saturated carbocycles. The maximum atomic E-state index is 5.38. The second-order valence-corrected chi connectivity index (χ2v) is 9.53. The fourth-order valence-electron chi connectivity index (χ4n) is 4.17. The maximum Gasteiger partial charge on any atom is 0.193 e. The normalized spacial score (nSPS) is 16.8. The number of aromatic nitrogens is 1. The van der Waals surface area contributed by atoms with Crippen LogP contribution in [0.4, 0.5) is 0 Å². The molecule has 2 unspecified atom stereocenters. The van der Waals surface area contributed by atoms with Crippen molar-refractivity contribution in [2.45, 2.75) is 52.4 Å². The molecule has 1 aliphatic rings. The Labute approximate surface area is 191 Å². The van der Waals surface area contributed by atoms with Crippen molar-refractivity contribution in [2.75, 3.05) is 34.3 Å². The lowest BCUT2D eigenvalue weighted by molar-refractivity contribution is 0.119. The summed E-state index contributed by atoms with van der Waals surface area (Å²) in [6, 6.07) is 9.29. The second kappa shape index (κ2) is 11.1. The van der Waals surface area contributed by atoms with Gasteiger partial charge in [0.1, 0.15) is 11.1 Å². The van der Waals surface area contributed by atoms with Gasteiger partial charge in [-0.1, -0.05) is 38.1 Å². The van der Waals surface area contributed by atoms with Crippen molar-refractivity contribution in [3.05, 3.63) is 51.5 Å². The Morgan fingerprint density at radius 1 is 1.29 bits per heavy atom. The number of rotatable bonds is 8. The molecular weight excluding hydrogens is 406 g/mol. The van der Waals surface area contributed by atoms with Gasteiger partial charge in [0.2, 0.25) is 0 Å². The molecule has 0 radical (unpaired) electrons. The predicted molar refractivity (Wildman–Crippen MR) is 130 cm³/mol. The molecule has 0 aliphatic carbocycles. The molecule has 0 fully saturated rings. The molecular formula is C24H37N5OS. The van der Waals surface area contributed by atoms with Crippen LogP contribution in [0.5, 0.6) is 0 Å². The summed E-state index contributed by atoms with van der Waals surface area (Å²) < 4.78 is 5.38. The zero-order valence-electron chi connectivity index (χ0n) is 19.8. The average molecular weight is 444 g/mol. The van der Waals surface area contributed by atoms with Crippen LogP contribution in [-0.4, -0.2) is 61.1 Å². The topological polar surface area (TPSA) is 53.0 Å². The summed E-state index contributed by atoms with van der Waals surface area (Å²) in [5.74, 6) is 1.45. The SMILES string of the molecule is CN=C(NCC(C(C)C)N1CCc2ccccc2C1)N(C)Cc1csc(C(C)OC)n1. The largest absolute Gasteiger partial charge is 0.375 e. The monoisotopic (exact) mass is 443 g/mol. The van der Waals surface area contributed by atoms with E-state index in [2.05, 4.69) is 70.6 Å². The van der Waals surface area contributed by atoms with Gasteiger partial charge in [0.25, 0.3) is 0 Å². The molecule has 1 aromatic carbocycles. The van der Waals surface area contributed by atoms with E-state index in [1.54, 1.807) is 18.4 Å². The number of thiazole rings is 1. The summed E-state index contributed by atoms with van der Waals surface area (Å²) in [6.45, 7) is 10.4. The summed E-state index contributed by atoms with van der Waals surface area (Å²) in [5, 5.41) is 6.74. The molecule has 1 aliphatic heterocycles. The second-order valence-electron chi connectivity index (χ2n) is 8.64. The van der Waals surface area contributed by atoms with Gasteiger partial charge in [-0.15, -0.1) is 11.3 Å². The third kappa shape index (κ3) is 6.05. The van der Waals surface area contributed by atoms with Crippen molar-refractivity contribution in [3.8, 4) is 0 Å². The molecule has 2 atom stereocenters. The van der Waals surface area contributed by atoms with Gasteiger partial charge in [-0.2, -0.15) is 0 Å². The highest BCUT2D eigenvalue weighted by Crippen LogP contribution is 2.23. The molecule has 31 heavy (non-hydrogen) atoms. The number of fused-ring (bicyclic) bond motifs is 1. The van der Waals surface area contributed by atoms with Crippen LogP contribution >= 0.6 is 11.3 Å². The standard InChI is InChI=1S/C24H37N5OS/c1-17(2)22(29-12-11-19-9-7-8-10-20(19)14-29)13-26-24(25-4)28(5)15-21-16-31-23(27-21)18(3)30-6/h7-10,16-18,22H,11-15H2,1-6H3,(H,25,26). The predicted octanol–water partition coefficient (Wildman–Crippen LogP) is 3.94. The van der Waals surface area contributed by atoms with Crippen LogP contribution in [0.15, 0.2) is 34.6 Å².